The van der Waals surface area contributed by atoms with Crippen LogP contribution in [0.4, 0.5) is 13.2 Å². The van der Waals surface area contributed by atoms with E-state index in [4.69, 9.17) is 0 Å². The Kier molecular flexibility index (Phi) is 4.88. The van der Waals surface area contributed by atoms with Crippen LogP contribution in [-0.4, -0.2) is 18.7 Å². The molecule has 2 rings (SSSR count). The molecule has 2 atom stereocenters. The van der Waals surface area contributed by atoms with Gasteiger partial charge in [-0.15, -0.1) is 0 Å². The summed E-state index contributed by atoms with van der Waals surface area (Å²) in [6, 6.07) is 6.97. The fourth-order valence-electron chi connectivity index (χ4n) is 2.05. The summed E-state index contributed by atoms with van der Waals surface area (Å²) in [5.74, 6) is 0.679. The Hall–Kier alpha value is -1.56. The van der Waals surface area contributed by atoms with E-state index in [1.807, 2.05) is 6.92 Å². The number of benzene rings is 1. The first kappa shape index (κ1) is 15.8. The number of alkyl halides is 3. The molecule has 1 N–H and O–H groups in total. The van der Waals surface area contributed by atoms with Crippen molar-refractivity contribution in [3.8, 4) is 0 Å². The van der Waals surface area contributed by atoms with Gasteiger partial charge in [-0.05, 0) is 23.5 Å². The summed E-state index contributed by atoms with van der Waals surface area (Å²) in [5.41, 5.74) is 1.58. The summed E-state index contributed by atoms with van der Waals surface area (Å²) in [5, 5.41) is 2.85. The summed E-state index contributed by atoms with van der Waals surface area (Å²) in [6.45, 7) is 1.15. The van der Waals surface area contributed by atoms with Gasteiger partial charge in [0.1, 0.15) is 6.61 Å². The maximum Gasteiger partial charge on any atom is 0.411 e. The number of halogens is 3. The number of ether oxygens (including phenoxy) is 1. The van der Waals surface area contributed by atoms with Crippen molar-refractivity contribution >= 4 is 5.91 Å². The molecule has 116 valence electrons. The van der Waals surface area contributed by atoms with E-state index in [0.29, 0.717) is 18.0 Å². The van der Waals surface area contributed by atoms with E-state index in [0.717, 1.165) is 12.0 Å². The molecule has 1 aliphatic carbocycles. The summed E-state index contributed by atoms with van der Waals surface area (Å²) in [7, 11) is 0. The quantitative estimate of drug-likeness (QED) is 0.877. The SMILES string of the molecule is CC1CC1C(=O)NCc1ccc(COCC(F)(F)F)cc1. The van der Waals surface area contributed by atoms with Crippen molar-refractivity contribution in [2.75, 3.05) is 6.61 Å². The van der Waals surface area contributed by atoms with Crippen LogP contribution in [-0.2, 0) is 22.7 Å². The van der Waals surface area contributed by atoms with Gasteiger partial charge < -0.3 is 10.1 Å². The van der Waals surface area contributed by atoms with Gasteiger partial charge >= 0.3 is 6.18 Å². The molecule has 0 saturated heterocycles. The van der Waals surface area contributed by atoms with Crippen LogP contribution in [0.15, 0.2) is 24.3 Å². The van der Waals surface area contributed by atoms with Crippen LogP contribution in [0.25, 0.3) is 0 Å². The lowest BCUT2D eigenvalue weighted by atomic mass is 10.1. The van der Waals surface area contributed by atoms with E-state index in [9.17, 15) is 18.0 Å². The molecule has 6 heteroatoms. The van der Waals surface area contributed by atoms with Gasteiger partial charge in [-0.25, -0.2) is 0 Å². The van der Waals surface area contributed by atoms with Crippen LogP contribution in [0.1, 0.15) is 24.5 Å². The van der Waals surface area contributed by atoms with Crippen LogP contribution in [0.5, 0.6) is 0 Å². The van der Waals surface area contributed by atoms with Crippen LogP contribution in [0, 0.1) is 11.8 Å². The Bertz CT molecular complexity index is 485. The van der Waals surface area contributed by atoms with Crippen molar-refractivity contribution in [3.63, 3.8) is 0 Å². The molecule has 1 fully saturated rings. The molecule has 1 aromatic carbocycles. The molecule has 1 aromatic rings. The molecule has 1 saturated carbocycles. The highest BCUT2D eigenvalue weighted by Crippen LogP contribution is 2.37. The predicted octanol–water partition coefficient (Wildman–Crippen LogP) is 3.04. The zero-order valence-electron chi connectivity index (χ0n) is 11.7. The highest BCUT2D eigenvalue weighted by atomic mass is 19.4. The Balaban J connectivity index is 1.72. The van der Waals surface area contributed by atoms with Gasteiger partial charge in [0.2, 0.25) is 5.91 Å². The first-order valence-electron chi connectivity index (χ1n) is 6.85. The number of amides is 1. The van der Waals surface area contributed by atoms with Crippen LogP contribution in [0.2, 0.25) is 0 Å². The van der Waals surface area contributed by atoms with Crippen molar-refractivity contribution < 1.29 is 22.7 Å². The average molecular weight is 301 g/mol. The molecule has 21 heavy (non-hydrogen) atoms. The Labute approximate surface area is 121 Å². The first-order valence-corrected chi connectivity index (χ1v) is 6.85. The van der Waals surface area contributed by atoms with Gasteiger partial charge in [0.25, 0.3) is 0 Å². The summed E-state index contributed by atoms with van der Waals surface area (Å²) in [4.78, 5) is 11.7. The molecule has 0 aromatic heterocycles. The van der Waals surface area contributed by atoms with Gasteiger partial charge in [-0.3, -0.25) is 4.79 Å². The molecule has 1 amide bonds. The second kappa shape index (κ2) is 6.47. The Morgan fingerprint density at radius 2 is 1.86 bits per heavy atom. The number of hydrogen-bond donors (Lipinski definition) is 1. The number of carbonyl (C=O) groups excluding carboxylic acids is 1. The van der Waals surface area contributed by atoms with Gasteiger partial charge in [-0.1, -0.05) is 31.2 Å². The molecular weight excluding hydrogens is 283 g/mol. The third-order valence-corrected chi connectivity index (χ3v) is 3.47. The third kappa shape index (κ3) is 5.38. The maximum absolute atomic E-state index is 11.9. The maximum atomic E-state index is 11.9. The third-order valence-electron chi connectivity index (χ3n) is 3.47. The highest BCUT2D eigenvalue weighted by molar-refractivity contribution is 5.81. The minimum absolute atomic E-state index is 0.0695. The number of carbonyl (C=O) groups is 1. The van der Waals surface area contributed by atoms with Crippen molar-refractivity contribution in [2.24, 2.45) is 11.8 Å². The summed E-state index contributed by atoms with van der Waals surface area (Å²) < 4.78 is 40.4. The van der Waals surface area contributed by atoms with Gasteiger partial charge in [0.05, 0.1) is 6.61 Å². The highest BCUT2D eigenvalue weighted by Gasteiger charge is 2.38. The fraction of sp³-hybridized carbons (Fsp3) is 0.533. The fourth-order valence-corrected chi connectivity index (χ4v) is 2.05. The molecule has 0 bridgehead atoms. The largest absolute Gasteiger partial charge is 0.411 e. The lowest BCUT2D eigenvalue weighted by molar-refractivity contribution is -0.176. The Morgan fingerprint density at radius 1 is 1.29 bits per heavy atom. The minimum atomic E-state index is -4.30. The van der Waals surface area contributed by atoms with E-state index in [1.165, 1.54) is 0 Å². The molecule has 3 nitrogen and oxygen atoms in total. The molecule has 0 aliphatic heterocycles. The van der Waals surface area contributed by atoms with Gasteiger partial charge in [0.15, 0.2) is 0 Å². The van der Waals surface area contributed by atoms with Gasteiger partial charge in [0, 0.05) is 12.5 Å². The molecule has 0 heterocycles. The average Bonchev–Trinajstić information content (AvgIpc) is 3.13. The van der Waals surface area contributed by atoms with E-state index in [2.05, 4.69) is 10.1 Å². The second-order valence-electron chi connectivity index (χ2n) is 5.46. The molecule has 0 spiro atoms. The topological polar surface area (TPSA) is 38.3 Å². The van der Waals surface area contributed by atoms with Gasteiger partial charge in [-0.2, -0.15) is 13.2 Å². The van der Waals surface area contributed by atoms with E-state index in [1.54, 1.807) is 24.3 Å². The van der Waals surface area contributed by atoms with E-state index >= 15 is 0 Å². The van der Waals surface area contributed by atoms with E-state index < -0.39 is 12.8 Å². The van der Waals surface area contributed by atoms with Crippen molar-refractivity contribution in [1.82, 2.24) is 5.32 Å². The standard InChI is InChI=1S/C15H18F3NO2/c1-10-6-13(10)14(20)19-7-11-2-4-12(5-3-11)8-21-9-15(16,17)18/h2-5,10,13H,6-9H2,1H3,(H,19,20). The van der Waals surface area contributed by atoms with Crippen LogP contribution in [0.3, 0.4) is 0 Å². The normalized spacial score (nSPS) is 21.1. The molecule has 0 radical (unpaired) electrons. The Morgan fingerprint density at radius 3 is 2.38 bits per heavy atom. The van der Waals surface area contributed by atoms with Crippen LogP contribution >= 0.6 is 0 Å². The smallest absolute Gasteiger partial charge is 0.367 e. The zero-order valence-corrected chi connectivity index (χ0v) is 11.7. The molecular formula is C15H18F3NO2. The molecule has 2 unspecified atom stereocenters. The summed E-state index contributed by atoms with van der Waals surface area (Å²) in [6.07, 6.45) is -3.36. The first-order chi connectivity index (χ1) is 9.85. The zero-order chi connectivity index (χ0) is 15.5. The molecule has 1 aliphatic rings. The lowest BCUT2D eigenvalue weighted by Gasteiger charge is -2.09. The van der Waals surface area contributed by atoms with Crippen molar-refractivity contribution in [3.05, 3.63) is 35.4 Å². The van der Waals surface area contributed by atoms with Crippen molar-refractivity contribution in [2.45, 2.75) is 32.7 Å². The minimum Gasteiger partial charge on any atom is -0.367 e. The summed E-state index contributed by atoms with van der Waals surface area (Å²) >= 11 is 0. The van der Waals surface area contributed by atoms with Crippen molar-refractivity contribution in [1.29, 1.82) is 0 Å². The number of nitrogens with one attached hydrogen (secondary N) is 1. The lowest BCUT2D eigenvalue weighted by Crippen LogP contribution is -2.24. The predicted molar refractivity (Wildman–Crippen MR) is 71.3 cm³/mol. The number of rotatable bonds is 6. The second-order valence-corrected chi connectivity index (χ2v) is 5.46. The van der Waals surface area contributed by atoms with Crippen LogP contribution < -0.4 is 5.32 Å². The number of hydrogen-bond acceptors (Lipinski definition) is 2. The monoisotopic (exact) mass is 301 g/mol. The van der Waals surface area contributed by atoms with E-state index in [-0.39, 0.29) is 18.4 Å².